The molecule has 4 nitrogen and oxygen atoms in total. The maximum Gasteiger partial charge on any atom is 0.265 e. The minimum Gasteiger partial charge on any atom is -0.328 e. The Hall–Kier alpha value is 0.0869. The van der Waals surface area contributed by atoms with Gasteiger partial charge in [0.05, 0.1) is 32.9 Å². The molecular weight excluding hydrogens is 242 g/mol. The second kappa shape index (κ2) is 6.73. The van der Waals surface area contributed by atoms with Crippen LogP contribution in [0.2, 0.25) is 19.1 Å². The molecule has 0 amide bonds. The molecule has 0 unspecified atom stereocenters. The SMILES string of the molecule is C[SiH](C)CCC[N+](C)(C)CCCS(=O)(=O)O. The fourth-order valence-electron chi connectivity index (χ4n) is 1.71. The molecule has 0 rings (SSSR count). The van der Waals surface area contributed by atoms with E-state index >= 15 is 0 Å². The summed E-state index contributed by atoms with van der Waals surface area (Å²) in [6.07, 6.45) is 1.76. The van der Waals surface area contributed by atoms with E-state index in [0.29, 0.717) is 6.42 Å². The molecule has 0 aliphatic rings. The Morgan fingerprint density at radius 3 is 2.06 bits per heavy atom. The molecule has 0 bridgehead atoms. The van der Waals surface area contributed by atoms with Crippen LogP contribution in [-0.4, -0.2) is 59.2 Å². The van der Waals surface area contributed by atoms with Gasteiger partial charge in [-0.3, -0.25) is 4.55 Å². The van der Waals surface area contributed by atoms with Gasteiger partial charge in [-0.15, -0.1) is 0 Å². The normalized spacial score (nSPS) is 13.4. The third-order valence-electron chi connectivity index (χ3n) is 2.71. The standard InChI is InChI=1S/C10H25NO3SSi/c1-11(2,8-6-10-16(3)4)7-5-9-15(12,13)14/h16H,5-10H2,1-4H3/p+1. The summed E-state index contributed by atoms with van der Waals surface area (Å²) in [4.78, 5) is 0. The number of quaternary nitrogens is 1. The van der Waals surface area contributed by atoms with Crippen LogP contribution in [0.25, 0.3) is 0 Å². The molecule has 0 radical (unpaired) electrons. The summed E-state index contributed by atoms with van der Waals surface area (Å²) < 4.78 is 30.6. The molecule has 0 aromatic rings. The Bertz CT molecular complexity index is 288. The van der Waals surface area contributed by atoms with Gasteiger partial charge in [-0.25, -0.2) is 0 Å². The van der Waals surface area contributed by atoms with Gasteiger partial charge in [0.2, 0.25) is 0 Å². The average Bonchev–Trinajstić information content (AvgIpc) is 1.99. The lowest BCUT2D eigenvalue weighted by Gasteiger charge is -2.30. The van der Waals surface area contributed by atoms with E-state index in [0.717, 1.165) is 17.6 Å². The Morgan fingerprint density at radius 1 is 1.12 bits per heavy atom. The van der Waals surface area contributed by atoms with Crippen LogP contribution in [-0.2, 0) is 10.1 Å². The molecule has 0 fully saturated rings. The van der Waals surface area contributed by atoms with Crippen molar-refractivity contribution in [1.29, 1.82) is 0 Å². The maximum atomic E-state index is 10.6. The zero-order valence-corrected chi connectivity index (χ0v) is 12.9. The van der Waals surface area contributed by atoms with E-state index in [4.69, 9.17) is 4.55 Å². The molecule has 6 heteroatoms. The van der Waals surface area contributed by atoms with E-state index in [1.807, 2.05) is 0 Å². The Kier molecular flexibility index (Phi) is 6.77. The van der Waals surface area contributed by atoms with E-state index < -0.39 is 18.9 Å². The van der Waals surface area contributed by atoms with Crippen LogP contribution in [0.1, 0.15) is 12.8 Å². The molecule has 0 saturated heterocycles. The van der Waals surface area contributed by atoms with Crippen LogP contribution in [0, 0.1) is 0 Å². The van der Waals surface area contributed by atoms with Crippen LogP contribution >= 0.6 is 0 Å². The van der Waals surface area contributed by atoms with Crippen molar-refractivity contribution in [2.45, 2.75) is 32.0 Å². The molecule has 1 N–H and O–H groups in total. The molecule has 0 spiro atoms. The number of hydrogen-bond acceptors (Lipinski definition) is 2. The first-order valence-corrected chi connectivity index (χ1v) is 10.6. The van der Waals surface area contributed by atoms with Crippen molar-refractivity contribution in [2.75, 3.05) is 32.9 Å². The first-order valence-electron chi connectivity index (χ1n) is 5.89. The second-order valence-corrected chi connectivity index (χ2v) is 10.5. The minimum absolute atomic E-state index is 0.117. The molecule has 98 valence electrons. The van der Waals surface area contributed by atoms with Crippen molar-refractivity contribution < 1.29 is 17.5 Å². The Balaban J connectivity index is 3.78. The van der Waals surface area contributed by atoms with Gasteiger partial charge in [0.25, 0.3) is 10.1 Å². The molecular formula is C10H26NO3SSi+. The predicted molar refractivity (Wildman–Crippen MR) is 71.2 cm³/mol. The highest BCUT2D eigenvalue weighted by Crippen LogP contribution is 2.06. The van der Waals surface area contributed by atoms with Gasteiger partial charge in [-0.2, -0.15) is 8.42 Å². The lowest BCUT2D eigenvalue weighted by Crippen LogP contribution is -2.42. The van der Waals surface area contributed by atoms with Crippen molar-refractivity contribution >= 4 is 18.9 Å². The zero-order valence-electron chi connectivity index (χ0n) is 10.9. The van der Waals surface area contributed by atoms with Crippen molar-refractivity contribution in [1.82, 2.24) is 0 Å². The molecule has 0 aliphatic heterocycles. The van der Waals surface area contributed by atoms with Crippen molar-refractivity contribution in [2.24, 2.45) is 0 Å². The molecule has 0 aliphatic carbocycles. The van der Waals surface area contributed by atoms with Crippen LogP contribution in [0.15, 0.2) is 0 Å². The molecule has 0 saturated carbocycles. The summed E-state index contributed by atoms with van der Waals surface area (Å²) in [5.41, 5.74) is 0. The highest BCUT2D eigenvalue weighted by Gasteiger charge is 2.16. The fourth-order valence-corrected chi connectivity index (χ4v) is 3.21. The number of nitrogens with zero attached hydrogens (tertiary/aromatic N) is 1. The quantitative estimate of drug-likeness (QED) is 0.409. The molecule has 16 heavy (non-hydrogen) atoms. The number of hydrogen-bond donors (Lipinski definition) is 1. The lowest BCUT2D eigenvalue weighted by molar-refractivity contribution is -0.890. The van der Waals surface area contributed by atoms with Gasteiger partial charge in [-0.1, -0.05) is 19.1 Å². The largest absolute Gasteiger partial charge is 0.328 e. The smallest absolute Gasteiger partial charge is 0.265 e. The topological polar surface area (TPSA) is 54.4 Å². The molecule has 0 heterocycles. The molecule has 0 aromatic heterocycles. The average molecular weight is 268 g/mol. The van der Waals surface area contributed by atoms with E-state index in [-0.39, 0.29) is 5.75 Å². The first-order chi connectivity index (χ1) is 7.12. The van der Waals surface area contributed by atoms with Gasteiger partial charge < -0.3 is 4.48 Å². The van der Waals surface area contributed by atoms with Gasteiger partial charge >= 0.3 is 0 Å². The van der Waals surface area contributed by atoms with Crippen molar-refractivity contribution in [3.8, 4) is 0 Å². The molecule has 0 atom stereocenters. The minimum atomic E-state index is -3.78. The maximum absolute atomic E-state index is 10.6. The van der Waals surface area contributed by atoms with E-state index in [1.54, 1.807) is 0 Å². The highest BCUT2D eigenvalue weighted by molar-refractivity contribution is 7.85. The van der Waals surface area contributed by atoms with Crippen LogP contribution in [0.5, 0.6) is 0 Å². The van der Waals surface area contributed by atoms with Crippen molar-refractivity contribution in [3.63, 3.8) is 0 Å². The van der Waals surface area contributed by atoms with Crippen molar-refractivity contribution in [3.05, 3.63) is 0 Å². The van der Waals surface area contributed by atoms with Crippen LogP contribution in [0.3, 0.4) is 0 Å². The highest BCUT2D eigenvalue weighted by atomic mass is 32.2. The van der Waals surface area contributed by atoms with Gasteiger partial charge in [0, 0.05) is 15.2 Å². The monoisotopic (exact) mass is 268 g/mol. The summed E-state index contributed by atoms with van der Waals surface area (Å²) in [5.74, 6) is -0.117. The van der Waals surface area contributed by atoms with E-state index in [1.165, 1.54) is 12.5 Å². The number of rotatable bonds is 8. The van der Waals surface area contributed by atoms with E-state index in [2.05, 4.69) is 27.2 Å². The predicted octanol–water partition coefficient (Wildman–Crippen LogP) is 1.22. The fraction of sp³-hybridized carbons (Fsp3) is 1.00. The summed E-state index contributed by atoms with van der Waals surface area (Å²) >= 11 is 0. The third-order valence-corrected chi connectivity index (χ3v) is 5.08. The van der Waals surface area contributed by atoms with Gasteiger partial charge in [0.15, 0.2) is 0 Å². The Morgan fingerprint density at radius 2 is 1.62 bits per heavy atom. The second-order valence-electron chi connectivity index (χ2n) is 5.56. The van der Waals surface area contributed by atoms with Gasteiger partial charge in [0.1, 0.15) is 0 Å². The molecule has 0 aromatic carbocycles. The summed E-state index contributed by atoms with van der Waals surface area (Å²) in [6, 6.07) is 1.35. The van der Waals surface area contributed by atoms with Crippen LogP contribution < -0.4 is 0 Å². The zero-order chi connectivity index (χ0) is 12.8. The summed E-state index contributed by atoms with van der Waals surface area (Å²) in [6.45, 7) is 6.59. The van der Waals surface area contributed by atoms with Crippen LogP contribution in [0.4, 0.5) is 0 Å². The third kappa shape index (κ3) is 10.6. The summed E-state index contributed by atoms with van der Waals surface area (Å²) in [7, 11) is -0.0103. The van der Waals surface area contributed by atoms with Gasteiger partial charge in [-0.05, 0) is 6.42 Å². The Labute approximate surface area is 102 Å². The summed E-state index contributed by atoms with van der Waals surface area (Å²) in [5, 5.41) is 0. The first kappa shape index (κ1) is 16.1. The van der Waals surface area contributed by atoms with E-state index in [9.17, 15) is 8.42 Å². The lowest BCUT2D eigenvalue weighted by atomic mass is 10.3.